The van der Waals surface area contributed by atoms with Gasteiger partial charge in [-0.15, -0.1) is 0 Å². The number of amides is 2. The van der Waals surface area contributed by atoms with E-state index in [0.29, 0.717) is 59.2 Å². The molecule has 2 aliphatic heterocycles. The number of morpholine rings is 1. The normalized spacial score (nSPS) is 13.5. The molecule has 2 aliphatic rings. The Morgan fingerprint density at radius 3 is 2.15 bits per heavy atom. The Balaban J connectivity index is 0.000000641. The zero-order valence-corrected chi connectivity index (χ0v) is 37.1. The first-order valence-corrected chi connectivity index (χ1v) is 21.4. The van der Waals surface area contributed by atoms with Crippen LogP contribution in [-0.4, -0.2) is 73.2 Å². The molecule has 0 atom stereocenters. The number of benzene rings is 5. The molecular weight excluding hydrogens is 780 g/mol. The number of hydrogen-bond acceptors (Lipinski definition) is 6. The van der Waals surface area contributed by atoms with Crippen molar-refractivity contribution in [2.45, 2.75) is 53.8 Å². The smallest absolute Gasteiger partial charge is 0.260 e. The number of methoxy groups -OCH3 is 1. The van der Waals surface area contributed by atoms with Crippen molar-refractivity contribution in [2.75, 3.05) is 51.9 Å². The molecule has 0 N–H and O–H groups in total. The van der Waals surface area contributed by atoms with Gasteiger partial charge in [-0.1, -0.05) is 80.6 Å². The molecule has 1 fully saturated rings. The second-order valence-electron chi connectivity index (χ2n) is 15.3. The van der Waals surface area contributed by atoms with E-state index in [1.54, 1.807) is 24.1 Å². The number of rotatable bonds is 10. The lowest BCUT2D eigenvalue weighted by Gasteiger charge is -2.29. The van der Waals surface area contributed by atoms with Crippen LogP contribution < -0.4 is 14.4 Å². The Morgan fingerprint density at radius 1 is 0.774 bits per heavy atom. The van der Waals surface area contributed by atoms with E-state index >= 15 is 0 Å². The van der Waals surface area contributed by atoms with E-state index < -0.39 is 5.82 Å². The molecule has 0 bridgehead atoms. The first-order chi connectivity index (χ1) is 30.1. The average Bonchev–Trinajstić information content (AvgIpc) is 3.61. The summed E-state index contributed by atoms with van der Waals surface area (Å²) in [4.78, 5) is 34.7. The van der Waals surface area contributed by atoms with Gasteiger partial charge in [0.2, 0.25) is 0 Å². The first kappa shape index (κ1) is 45.3. The Bertz CT molecular complexity index is 2420. The molecule has 0 saturated carbocycles. The topological polar surface area (TPSA) is 76.5 Å². The highest BCUT2D eigenvalue weighted by Gasteiger charge is 2.28. The quantitative estimate of drug-likeness (QED) is 0.137. The predicted octanol–water partition coefficient (Wildman–Crippen LogP) is 10.1. The molecule has 0 radical (unpaired) electrons. The number of aromatic nitrogens is 1. The van der Waals surface area contributed by atoms with E-state index in [0.717, 1.165) is 60.7 Å². The highest BCUT2D eigenvalue weighted by molar-refractivity contribution is 6.08. The summed E-state index contributed by atoms with van der Waals surface area (Å²) in [5.74, 6) is 0.545. The summed E-state index contributed by atoms with van der Waals surface area (Å²) in [7, 11) is 5.59. The molecule has 3 heterocycles. The fourth-order valence-corrected chi connectivity index (χ4v) is 7.69. The Hall–Kier alpha value is -6.23. The first-order valence-electron chi connectivity index (χ1n) is 21.4. The summed E-state index contributed by atoms with van der Waals surface area (Å²) in [5.41, 5.74) is 8.49. The van der Waals surface area contributed by atoms with Gasteiger partial charge in [0.05, 0.1) is 32.4 Å². The van der Waals surface area contributed by atoms with Crippen LogP contribution in [0.15, 0.2) is 121 Å². The van der Waals surface area contributed by atoms with Gasteiger partial charge < -0.3 is 33.5 Å². The van der Waals surface area contributed by atoms with Crippen LogP contribution in [0.2, 0.25) is 0 Å². The number of likely N-dealkylation sites (N-methyl/N-ethyl adjacent to an activating group) is 1. The van der Waals surface area contributed by atoms with Crippen LogP contribution in [0.3, 0.4) is 0 Å². The van der Waals surface area contributed by atoms with E-state index in [1.165, 1.54) is 17.7 Å². The maximum absolute atomic E-state index is 15.0. The molecule has 0 aliphatic carbocycles. The number of halogens is 1. The third-order valence-electron chi connectivity index (χ3n) is 11.5. The molecule has 10 heteroatoms. The minimum Gasteiger partial charge on any atom is -0.496 e. The maximum Gasteiger partial charge on any atom is 0.260 e. The van der Waals surface area contributed by atoms with Crippen LogP contribution in [0, 0.1) is 19.7 Å². The molecule has 0 unspecified atom stereocenters. The van der Waals surface area contributed by atoms with Gasteiger partial charge in [-0.3, -0.25) is 9.59 Å². The number of carbonyl (C=O) groups is 2. The third kappa shape index (κ3) is 10.8. The molecule has 5 aromatic carbocycles. The van der Waals surface area contributed by atoms with Gasteiger partial charge >= 0.3 is 0 Å². The number of nitrogens with zero attached hydrogens (tertiary/aromatic N) is 4. The molecule has 324 valence electrons. The Morgan fingerprint density at radius 2 is 1.47 bits per heavy atom. The second kappa shape index (κ2) is 21.5. The van der Waals surface area contributed by atoms with Gasteiger partial charge in [-0.05, 0) is 110 Å². The standard InChI is InChI=1S/C45H42FN3O4.C5H11NO.C2H6/c1-30-34(15-10-16-43(30)52-4)28-49(37-18-20-38(21-19-37)53-29-32-11-6-5-7-12-32)45(51)40-26-42(47(3)31(40)2)41-25-36(46)17-22-39(41)44(50)48-24-23-33-13-8-9-14-35(33)27-48;1-6-2-4-7-5-3-6;1-2/h5-22,25-26H,23-24,27-29H2,1-4H3;2-5H2,1H3;1-2H3. The van der Waals surface area contributed by atoms with Gasteiger partial charge in [-0.2, -0.15) is 0 Å². The van der Waals surface area contributed by atoms with Crippen molar-refractivity contribution < 1.29 is 28.2 Å². The SMILES string of the molecule is CC.CN1CCOCC1.COc1cccc(CN(C(=O)c2cc(-c3cc(F)ccc3C(=O)N3CCc4ccccc4C3)n(C)c2C)c2ccc(OCc3ccccc3)cc2)c1C. The molecular formula is C52H59FN4O5. The molecule has 62 heavy (non-hydrogen) atoms. The third-order valence-corrected chi connectivity index (χ3v) is 11.5. The largest absolute Gasteiger partial charge is 0.496 e. The number of fused-ring (bicyclic) bond motifs is 1. The average molecular weight is 839 g/mol. The van der Waals surface area contributed by atoms with Gasteiger partial charge in [-0.25, -0.2) is 4.39 Å². The van der Waals surface area contributed by atoms with Gasteiger partial charge in [0.1, 0.15) is 23.9 Å². The monoisotopic (exact) mass is 838 g/mol. The zero-order chi connectivity index (χ0) is 44.2. The highest BCUT2D eigenvalue weighted by Crippen LogP contribution is 2.34. The van der Waals surface area contributed by atoms with Crippen molar-refractivity contribution in [1.82, 2.24) is 14.4 Å². The number of hydrogen-bond donors (Lipinski definition) is 0. The number of carbonyl (C=O) groups excluding carboxylic acids is 2. The van der Waals surface area contributed by atoms with Crippen molar-refractivity contribution in [3.8, 4) is 22.8 Å². The molecule has 6 aromatic rings. The maximum atomic E-state index is 15.0. The van der Waals surface area contributed by atoms with Gasteiger partial charge in [0, 0.05) is 61.4 Å². The Labute approximate surface area is 366 Å². The van der Waals surface area contributed by atoms with Crippen molar-refractivity contribution >= 4 is 17.5 Å². The lowest BCUT2D eigenvalue weighted by Crippen LogP contribution is -2.36. The van der Waals surface area contributed by atoms with Crippen LogP contribution in [-0.2, 0) is 37.9 Å². The summed E-state index contributed by atoms with van der Waals surface area (Å²) >= 11 is 0. The summed E-state index contributed by atoms with van der Waals surface area (Å²) in [6.45, 7) is 13.6. The lowest BCUT2D eigenvalue weighted by molar-refractivity contribution is 0.0503. The van der Waals surface area contributed by atoms with Crippen LogP contribution in [0.25, 0.3) is 11.3 Å². The molecule has 2 amide bonds. The van der Waals surface area contributed by atoms with Crippen molar-refractivity contribution in [3.05, 3.63) is 172 Å². The summed E-state index contributed by atoms with van der Waals surface area (Å²) in [5, 5.41) is 0. The predicted molar refractivity (Wildman–Crippen MR) is 246 cm³/mol. The summed E-state index contributed by atoms with van der Waals surface area (Å²) < 4.78 is 33.6. The van der Waals surface area contributed by atoms with E-state index in [2.05, 4.69) is 18.0 Å². The van der Waals surface area contributed by atoms with E-state index in [4.69, 9.17) is 14.2 Å². The molecule has 9 nitrogen and oxygen atoms in total. The Kier molecular flexibility index (Phi) is 15.7. The molecule has 1 aromatic heterocycles. The van der Waals surface area contributed by atoms with Crippen LogP contribution >= 0.6 is 0 Å². The van der Waals surface area contributed by atoms with E-state index in [9.17, 15) is 14.0 Å². The van der Waals surface area contributed by atoms with E-state index in [1.807, 2.05) is 135 Å². The van der Waals surface area contributed by atoms with Crippen molar-refractivity contribution in [2.24, 2.45) is 7.05 Å². The van der Waals surface area contributed by atoms with E-state index in [-0.39, 0.29) is 18.4 Å². The van der Waals surface area contributed by atoms with Crippen LogP contribution in [0.5, 0.6) is 11.5 Å². The summed E-state index contributed by atoms with van der Waals surface area (Å²) in [6, 6.07) is 37.4. The minimum atomic E-state index is -0.461. The molecule has 1 saturated heterocycles. The minimum absolute atomic E-state index is 0.175. The zero-order valence-electron chi connectivity index (χ0n) is 37.1. The number of ether oxygens (including phenoxy) is 3. The van der Waals surface area contributed by atoms with Gasteiger partial charge in [0.15, 0.2) is 0 Å². The highest BCUT2D eigenvalue weighted by atomic mass is 19.1. The van der Waals surface area contributed by atoms with Gasteiger partial charge in [0.25, 0.3) is 11.8 Å². The van der Waals surface area contributed by atoms with Crippen LogP contribution in [0.1, 0.15) is 68.1 Å². The number of anilines is 1. The fraction of sp³-hybridized carbons (Fsp3) is 0.308. The molecule has 0 spiro atoms. The lowest BCUT2D eigenvalue weighted by atomic mass is 9.97. The van der Waals surface area contributed by atoms with Crippen LogP contribution in [0.4, 0.5) is 10.1 Å². The second-order valence-corrected chi connectivity index (χ2v) is 15.3. The fourth-order valence-electron chi connectivity index (χ4n) is 7.69. The summed E-state index contributed by atoms with van der Waals surface area (Å²) in [6.07, 6.45) is 0.753. The van der Waals surface area contributed by atoms with Crippen molar-refractivity contribution in [1.29, 1.82) is 0 Å². The van der Waals surface area contributed by atoms with Crippen molar-refractivity contribution in [3.63, 3.8) is 0 Å². The molecule has 8 rings (SSSR count).